The van der Waals surface area contributed by atoms with Crippen LogP contribution >= 0.6 is 0 Å². The highest BCUT2D eigenvalue weighted by Gasteiger charge is 2.05. The largest absolute Gasteiger partial charge is 0.497 e. The molecule has 2 aromatic rings. The van der Waals surface area contributed by atoms with E-state index in [1.807, 2.05) is 42.5 Å². The molecule has 2 aromatic carbocycles. The lowest BCUT2D eigenvalue weighted by Crippen LogP contribution is -2.18. The lowest BCUT2D eigenvalue weighted by Gasteiger charge is -2.15. The van der Waals surface area contributed by atoms with Crippen LogP contribution in [0.4, 0.5) is 0 Å². The molecule has 0 heterocycles. The molecule has 0 unspecified atom stereocenters. The Morgan fingerprint density at radius 2 is 1.80 bits per heavy atom. The third kappa shape index (κ3) is 3.83. The first-order valence-corrected chi connectivity index (χ1v) is 6.79. The molecule has 1 atom stereocenters. The topological polar surface area (TPSA) is 41.5 Å². The van der Waals surface area contributed by atoms with Gasteiger partial charge in [0.25, 0.3) is 0 Å². The Bertz CT molecular complexity index is 537. The number of methoxy groups -OCH3 is 1. The van der Waals surface area contributed by atoms with Gasteiger partial charge in [0.2, 0.25) is 0 Å². The second kappa shape index (κ2) is 7.08. The molecule has 20 heavy (non-hydrogen) atoms. The van der Waals surface area contributed by atoms with Crippen LogP contribution in [0.3, 0.4) is 0 Å². The Morgan fingerprint density at radius 1 is 1.10 bits per heavy atom. The van der Waals surface area contributed by atoms with Crippen molar-refractivity contribution in [2.75, 3.05) is 7.11 Å². The van der Waals surface area contributed by atoms with Gasteiger partial charge in [-0.1, -0.05) is 36.4 Å². The minimum atomic E-state index is 0.0912. The Morgan fingerprint density at radius 3 is 2.45 bits per heavy atom. The number of hydrogen-bond donors (Lipinski definition) is 2. The zero-order chi connectivity index (χ0) is 14.4. The maximum atomic E-state index is 9.02. The monoisotopic (exact) mass is 271 g/mol. The number of aliphatic hydroxyl groups excluding tert-OH is 1. The SMILES string of the molecule is COc1cccc([C@H](C)NCc2ccc(CO)cc2)c1. The van der Waals surface area contributed by atoms with Crippen LogP contribution in [0.25, 0.3) is 0 Å². The first-order chi connectivity index (χ1) is 9.72. The van der Waals surface area contributed by atoms with Gasteiger partial charge in [-0.05, 0) is 35.7 Å². The summed E-state index contributed by atoms with van der Waals surface area (Å²) in [6, 6.07) is 16.3. The van der Waals surface area contributed by atoms with E-state index in [-0.39, 0.29) is 12.6 Å². The van der Waals surface area contributed by atoms with Gasteiger partial charge in [-0.2, -0.15) is 0 Å². The van der Waals surface area contributed by atoms with Gasteiger partial charge in [0.1, 0.15) is 5.75 Å². The van der Waals surface area contributed by atoms with Crippen LogP contribution in [-0.4, -0.2) is 12.2 Å². The molecule has 0 amide bonds. The highest BCUT2D eigenvalue weighted by molar-refractivity contribution is 5.30. The molecule has 106 valence electrons. The number of rotatable bonds is 6. The average molecular weight is 271 g/mol. The first kappa shape index (κ1) is 14.6. The van der Waals surface area contributed by atoms with Gasteiger partial charge in [0.15, 0.2) is 0 Å². The van der Waals surface area contributed by atoms with Gasteiger partial charge >= 0.3 is 0 Å². The molecule has 0 aliphatic heterocycles. The van der Waals surface area contributed by atoms with E-state index in [0.717, 1.165) is 17.9 Å². The minimum absolute atomic E-state index is 0.0912. The van der Waals surface area contributed by atoms with E-state index < -0.39 is 0 Å². The van der Waals surface area contributed by atoms with Crippen molar-refractivity contribution < 1.29 is 9.84 Å². The molecule has 2 rings (SSSR count). The number of ether oxygens (including phenoxy) is 1. The predicted molar refractivity (Wildman–Crippen MR) is 80.6 cm³/mol. The van der Waals surface area contributed by atoms with Gasteiger partial charge in [-0.25, -0.2) is 0 Å². The summed E-state index contributed by atoms with van der Waals surface area (Å²) >= 11 is 0. The molecule has 3 heteroatoms. The van der Waals surface area contributed by atoms with Crippen molar-refractivity contribution >= 4 is 0 Å². The number of aliphatic hydroxyl groups is 1. The standard InChI is InChI=1S/C17H21NO2/c1-13(16-4-3-5-17(10-16)20-2)18-11-14-6-8-15(12-19)9-7-14/h3-10,13,18-19H,11-12H2,1-2H3/t13-/m0/s1. The number of hydrogen-bond acceptors (Lipinski definition) is 3. The van der Waals surface area contributed by atoms with Crippen LogP contribution in [-0.2, 0) is 13.2 Å². The summed E-state index contributed by atoms with van der Waals surface area (Å²) in [5, 5.41) is 12.5. The van der Waals surface area contributed by atoms with Crippen LogP contribution in [0, 0.1) is 0 Å². The maximum Gasteiger partial charge on any atom is 0.119 e. The molecule has 0 spiro atoms. The number of nitrogens with one attached hydrogen (secondary N) is 1. The van der Waals surface area contributed by atoms with Crippen LogP contribution in [0.5, 0.6) is 5.75 Å². The maximum absolute atomic E-state index is 9.02. The average Bonchev–Trinajstić information content (AvgIpc) is 2.53. The van der Waals surface area contributed by atoms with Crippen LogP contribution in [0.15, 0.2) is 48.5 Å². The predicted octanol–water partition coefficient (Wildman–Crippen LogP) is 3.04. The normalized spacial score (nSPS) is 12.2. The van der Waals surface area contributed by atoms with Crippen molar-refractivity contribution in [3.8, 4) is 5.75 Å². The summed E-state index contributed by atoms with van der Waals surface area (Å²) < 4.78 is 5.24. The molecule has 3 nitrogen and oxygen atoms in total. The highest BCUT2D eigenvalue weighted by Crippen LogP contribution is 2.19. The van der Waals surface area contributed by atoms with Crippen molar-refractivity contribution in [1.82, 2.24) is 5.32 Å². The van der Waals surface area contributed by atoms with E-state index in [9.17, 15) is 0 Å². The first-order valence-electron chi connectivity index (χ1n) is 6.79. The Kier molecular flexibility index (Phi) is 5.16. The Labute approximate surface area is 120 Å². The highest BCUT2D eigenvalue weighted by atomic mass is 16.5. The summed E-state index contributed by atoms with van der Waals surface area (Å²) in [5.41, 5.74) is 3.35. The van der Waals surface area contributed by atoms with Crippen molar-refractivity contribution in [3.05, 3.63) is 65.2 Å². The molecule has 0 aliphatic carbocycles. The van der Waals surface area contributed by atoms with Gasteiger partial charge in [0, 0.05) is 12.6 Å². The fraction of sp³-hybridized carbons (Fsp3) is 0.294. The van der Waals surface area contributed by atoms with Crippen molar-refractivity contribution in [2.24, 2.45) is 0 Å². The quantitative estimate of drug-likeness (QED) is 0.848. The van der Waals surface area contributed by atoms with Gasteiger partial charge in [0.05, 0.1) is 13.7 Å². The molecule has 0 saturated carbocycles. The molecular formula is C17H21NO2. The Hall–Kier alpha value is -1.84. The third-order valence-corrected chi connectivity index (χ3v) is 3.41. The van der Waals surface area contributed by atoms with E-state index in [1.165, 1.54) is 11.1 Å². The lowest BCUT2D eigenvalue weighted by atomic mass is 10.1. The van der Waals surface area contributed by atoms with Crippen LogP contribution in [0.1, 0.15) is 29.7 Å². The van der Waals surface area contributed by atoms with Crippen molar-refractivity contribution in [1.29, 1.82) is 0 Å². The zero-order valence-electron chi connectivity index (χ0n) is 12.0. The van der Waals surface area contributed by atoms with E-state index in [0.29, 0.717) is 0 Å². The van der Waals surface area contributed by atoms with Gasteiger partial charge in [-0.3, -0.25) is 0 Å². The molecule has 0 bridgehead atoms. The summed E-state index contributed by atoms with van der Waals surface area (Å²) in [5.74, 6) is 0.878. The Balaban J connectivity index is 1.95. The fourth-order valence-corrected chi connectivity index (χ4v) is 2.06. The molecular weight excluding hydrogens is 250 g/mol. The van der Waals surface area contributed by atoms with Gasteiger partial charge in [-0.15, -0.1) is 0 Å². The van der Waals surface area contributed by atoms with Gasteiger partial charge < -0.3 is 15.2 Å². The molecule has 0 saturated heterocycles. The van der Waals surface area contributed by atoms with E-state index >= 15 is 0 Å². The summed E-state index contributed by atoms with van der Waals surface area (Å²) in [6.45, 7) is 3.02. The van der Waals surface area contributed by atoms with Crippen molar-refractivity contribution in [3.63, 3.8) is 0 Å². The molecule has 0 fully saturated rings. The lowest BCUT2D eigenvalue weighted by molar-refractivity contribution is 0.282. The smallest absolute Gasteiger partial charge is 0.119 e. The zero-order valence-corrected chi connectivity index (χ0v) is 12.0. The molecule has 0 radical (unpaired) electrons. The van der Waals surface area contributed by atoms with Crippen molar-refractivity contribution in [2.45, 2.75) is 26.1 Å². The second-order valence-corrected chi connectivity index (χ2v) is 4.85. The summed E-state index contributed by atoms with van der Waals surface area (Å²) in [6.07, 6.45) is 0. The van der Waals surface area contributed by atoms with E-state index in [1.54, 1.807) is 7.11 Å². The van der Waals surface area contributed by atoms with E-state index in [4.69, 9.17) is 9.84 Å². The molecule has 2 N–H and O–H groups in total. The minimum Gasteiger partial charge on any atom is -0.497 e. The van der Waals surface area contributed by atoms with Crippen LogP contribution < -0.4 is 10.1 Å². The van der Waals surface area contributed by atoms with Crippen LogP contribution in [0.2, 0.25) is 0 Å². The fourth-order valence-electron chi connectivity index (χ4n) is 2.06. The second-order valence-electron chi connectivity index (χ2n) is 4.85. The number of benzene rings is 2. The molecule has 0 aromatic heterocycles. The molecule has 0 aliphatic rings. The summed E-state index contributed by atoms with van der Waals surface area (Å²) in [7, 11) is 1.68. The third-order valence-electron chi connectivity index (χ3n) is 3.41. The van der Waals surface area contributed by atoms with E-state index in [2.05, 4.69) is 18.3 Å². The summed E-state index contributed by atoms with van der Waals surface area (Å²) in [4.78, 5) is 0.